The zero-order valence-corrected chi connectivity index (χ0v) is 13.8. The van der Waals surface area contributed by atoms with Gasteiger partial charge < -0.3 is 4.90 Å². The number of aryl methyl sites for hydroxylation is 1. The van der Waals surface area contributed by atoms with E-state index in [4.69, 9.17) is 0 Å². The number of amides is 1. The van der Waals surface area contributed by atoms with Crippen molar-refractivity contribution in [1.29, 1.82) is 0 Å². The second-order valence-electron chi connectivity index (χ2n) is 5.38. The molecule has 0 unspecified atom stereocenters. The molecular weight excluding hydrogens is 368 g/mol. The number of aromatic nitrogens is 2. The minimum Gasteiger partial charge on any atom is -0.309 e. The predicted molar refractivity (Wildman–Crippen MR) is 85.1 cm³/mol. The smallest absolute Gasteiger partial charge is 0.227 e. The van der Waals surface area contributed by atoms with E-state index in [2.05, 4.69) is 25.9 Å². The topological polar surface area (TPSA) is 46.1 Å². The van der Waals surface area contributed by atoms with Crippen molar-refractivity contribution in [3.8, 4) is 0 Å². The lowest BCUT2D eigenvalue weighted by atomic mass is 10.00. The molecule has 0 saturated carbocycles. The minimum absolute atomic E-state index is 0.188. The molecular formula is C16H14BrF2N3O. The van der Waals surface area contributed by atoms with Crippen molar-refractivity contribution >= 4 is 27.5 Å². The summed E-state index contributed by atoms with van der Waals surface area (Å²) in [6, 6.07) is 0.819. The number of fused-ring (bicyclic) bond motifs is 1. The molecule has 2 heterocycles. The first-order valence-electron chi connectivity index (χ1n) is 7.28. The Hall–Kier alpha value is -1.89. The molecule has 0 radical (unpaired) electrons. The van der Waals surface area contributed by atoms with Crippen molar-refractivity contribution < 1.29 is 13.6 Å². The van der Waals surface area contributed by atoms with Crippen LogP contribution in [0, 0.1) is 11.6 Å². The molecule has 2 aromatic rings. The largest absolute Gasteiger partial charge is 0.309 e. The first kappa shape index (κ1) is 16.0. The van der Waals surface area contributed by atoms with Crippen LogP contribution in [-0.4, -0.2) is 22.4 Å². The number of nitrogens with zero attached hydrogens (tertiary/aromatic N) is 3. The fraction of sp³-hybridized carbons (Fsp3) is 0.312. The van der Waals surface area contributed by atoms with Gasteiger partial charge in [-0.3, -0.25) is 4.79 Å². The molecule has 4 nitrogen and oxygen atoms in total. The molecule has 120 valence electrons. The Morgan fingerprint density at radius 1 is 1.26 bits per heavy atom. The second kappa shape index (κ2) is 6.70. The molecule has 0 N–H and O–H groups in total. The number of hydrogen-bond acceptors (Lipinski definition) is 3. The van der Waals surface area contributed by atoms with Crippen LogP contribution in [-0.2, 0) is 17.6 Å². The van der Waals surface area contributed by atoms with E-state index in [0.717, 1.165) is 11.6 Å². The molecule has 0 spiro atoms. The average Bonchev–Trinajstić information content (AvgIpc) is 2.58. The molecule has 23 heavy (non-hydrogen) atoms. The number of halogens is 3. The van der Waals surface area contributed by atoms with Crippen LogP contribution >= 0.6 is 15.9 Å². The van der Waals surface area contributed by atoms with Gasteiger partial charge in [-0.15, -0.1) is 0 Å². The van der Waals surface area contributed by atoms with Crippen LogP contribution < -0.4 is 4.90 Å². The third kappa shape index (κ3) is 3.24. The lowest BCUT2D eigenvalue weighted by molar-refractivity contribution is -0.118. The number of benzene rings is 1. The van der Waals surface area contributed by atoms with E-state index in [9.17, 15) is 13.6 Å². The molecule has 0 atom stereocenters. The first-order valence-corrected chi connectivity index (χ1v) is 8.08. The Kier molecular flexibility index (Phi) is 4.66. The quantitative estimate of drug-likeness (QED) is 0.765. The molecule has 7 heteroatoms. The summed E-state index contributed by atoms with van der Waals surface area (Å²) in [5.41, 5.74) is 1.56. The average molecular weight is 382 g/mol. The molecule has 0 fully saturated rings. The van der Waals surface area contributed by atoms with E-state index in [1.54, 1.807) is 12.4 Å². The van der Waals surface area contributed by atoms with Crippen molar-refractivity contribution in [3.63, 3.8) is 0 Å². The molecule has 1 amide bonds. The predicted octanol–water partition coefficient (Wildman–Crippen LogP) is 3.43. The number of hydrogen-bond donors (Lipinski definition) is 0. The van der Waals surface area contributed by atoms with Crippen LogP contribution in [0.4, 0.5) is 14.5 Å². The maximum atomic E-state index is 14.2. The standard InChI is InChI=1S/C16H14BrF2N3O/c17-15-11-2-1-5-22(16(11)13(19)6-12(15)18)14(23)4-3-10-7-20-9-21-8-10/h6-9H,1-5H2. The van der Waals surface area contributed by atoms with E-state index in [-0.39, 0.29) is 22.5 Å². The Balaban J connectivity index is 1.82. The summed E-state index contributed by atoms with van der Waals surface area (Å²) in [6.07, 6.45) is 6.65. The highest BCUT2D eigenvalue weighted by Gasteiger charge is 2.28. The van der Waals surface area contributed by atoms with Crippen molar-refractivity contribution in [2.75, 3.05) is 11.4 Å². The van der Waals surface area contributed by atoms with Crippen LogP contribution in [0.15, 0.2) is 29.3 Å². The summed E-state index contributed by atoms with van der Waals surface area (Å²) >= 11 is 3.16. The fourth-order valence-corrected chi connectivity index (χ4v) is 3.28. The maximum Gasteiger partial charge on any atom is 0.227 e. The summed E-state index contributed by atoms with van der Waals surface area (Å²) in [7, 11) is 0. The van der Waals surface area contributed by atoms with Crippen molar-refractivity contribution in [2.45, 2.75) is 25.7 Å². The SMILES string of the molecule is O=C(CCc1cncnc1)N1CCCc2c(Br)c(F)cc(F)c21. The second-order valence-corrected chi connectivity index (χ2v) is 6.17. The van der Waals surface area contributed by atoms with Crippen LogP contribution in [0.2, 0.25) is 0 Å². The normalized spacial score (nSPS) is 13.8. The summed E-state index contributed by atoms with van der Waals surface area (Å²) in [5.74, 6) is -1.53. The van der Waals surface area contributed by atoms with Crippen LogP contribution in [0.3, 0.4) is 0 Å². The lowest BCUT2D eigenvalue weighted by Crippen LogP contribution is -2.36. The molecule has 1 aliphatic rings. The summed E-state index contributed by atoms with van der Waals surface area (Å²) in [4.78, 5) is 21.7. The van der Waals surface area contributed by atoms with Gasteiger partial charge in [0.1, 0.15) is 18.0 Å². The lowest BCUT2D eigenvalue weighted by Gasteiger charge is -2.30. The van der Waals surface area contributed by atoms with Gasteiger partial charge in [0.2, 0.25) is 5.91 Å². The van der Waals surface area contributed by atoms with Gasteiger partial charge in [-0.2, -0.15) is 0 Å². The van der Waals surface area contributed by atoms with Crippen molar-refractivity contribution in [3.05, 3.63) is 52.0 Å². The monoisotopic (exact) mass is 381 g/mol. The third-order valence-corrected chi connectivity index (χ3v) is 4.72. The van der Waals surface area contributed by atoms with Crippen LogP contribution in [0.25, 0.3) is 0 Å². The third-order valence-electron chi connectivity index (χ3n) is 3.86. The van der Waals surface area contributed by atoms with Crippen molar-refractivity contribution in [1.82, 2.24) is 9.97 Å². The van der Waals surface area contributed by atoms with Gasteiger partial charge in [-0.1, -0.05) is 0 Å². The summed E-state index contributed by atoms with van der Waals surface area (Å²) in [5, 5.41) is 0. The van der Waals surface area contributed by atoms with E-state index >= 15 is 0 Å². The molecule has 0 bridgehead atoms. The zero-order valence-electron chi connectivity index (χ0n) is 12.2. The van der Waals surface area contributed by atoms with Gasteiger partial charge in [-0.25, -0.2) is 18.7 Å². The highest BCUT2D eigenvalue weighted by Crippen LogP contribution is 2.37. The van der Waals surface area contributed by atoms with E-state index in [1.165, 1.54) is 11.2 Å². The van der Waals surface area contributed by atoms with Gasteiger partial charge in [0.05, 0.1) is 10.2 Å². The highest BCUT2D eigenvalue weighted by molar-refractivity contribution is 9.10. The van der Waals surface area contributed by atoms with Gasteiger partial charge in [-0.05, 0) is 46.3 Å². The van der Waals surface area contributed by atoms with Crippen LogP contribution in [0.5, 0.6) is 0 Å². The number of carbonyl (C=O) groups excluding carboxylic acids is 1. The first-order chi connectivity index (χ1) is 11.1. The minimum atomic E-state index is -0.697. The highest BCUT2D eigenvalue weighted by atomic mass is 79.9. The van der Waals surface area contributed by atoms with E-state index in [1.807, 2.05) is 0 Å². The van der Waals surface area contributed by atoms with Crippen molar-refractivity contribution in [2.24, 2.45) is 0 Å². The Bertz CT molecular complexity index is 740. The van der Waals surface area contributed by atoms with E-state index in [0.29, 0.717) is 31.4 Å². The molecule has 1 aliphatic heterocycles. The van der Waals surface area contributed by atoms with Crippen LogP contribution in [0.1, 0.15) is 24.0 Å². The van der Waals surface area contributed by atoms with Gasteiger partial charge in [0, 0.05) is 31.4 Å². The fourth-order valence-electron chi connectivity index (χ4n) is 2.78. The Morgan fingerprint density at radius 2 is 2.00 bits per heavy atom. The maximum absolute atomic E-state index is 14.2. The molecule has 1 aromatic heterocycles. The van der Waals surface area contributed by atoms with Gasteiger partial charge >= 0.3 is 0 Å². The number of rotatable bonds is 3. The molecule has 1 aromatic carbocycles. The Morgan fingerprint density at radius 3 is 2.74 bits per heavy atom. The van der Waals surface area contributed by atoms with Gasteiger partial charge in [0.15, 0.2) is 0 Å². The van der Waals surface area contributed by atoms with E-state index < -0.39 is 11.6 Å². The summed E-state index contributed by atoms with van der Waals surface area (Å²) < 4.78 is 28.1. The van der Waals surface area contributed by atoms with Gasteiger partial charge in [0.25, 0.3) is 0 Å². The zero-order chi connectivity index (χ0) is 16.4. The molecule has 3 rings (SSSR count). The molecule has 0 aliphatic carbocycles. The number of anilines is 1. The summed E-state index contributed by atoms with van der Waals surface area (Å²) in [6.45, 7) is 0.437. The Labute approximate surface area is 140 Å². The number of carbonyl (C=O) groups is 1. The molecule has 0 saturated heterocycles.